The van der Waals surface area contributed by atoms with Gasteiger partial charge in [0, 0.05) is 37.6 Å². The van der Waals surface area contributed by atoms with E-state index in [4.69, 9.17) is 4.42 Å². The summed E-state index contributed by atoms with van der Waals surface area (Å²) in [6, 6.07) is 4.71. The first-order valence-electron chi connectivity index (χ1n) is 7.18. The summed E-state index contributed by atoms with van der Waals surface area (Å²) in [5.41, 5.74) is 0.273. The SMILES string of the molecule is CCC1CNC(C)(CC)CN1CCc1ccco1. The van der Waals surface area contributed by atoms with Crippen LogP contribution < -0.4 is 5.32 Å². The largest absolute Gasteiger partial charge is 0.469 e. The average Bonchev–Trinajstić information content (AvgIpc) is 2.90. The van der Waals surface area contributed by atoms with E-state index in [1.165, 1.54) is 12.8 Å². The van der Waals surface area contributed by atoms with Crippen molar-refractivity contribution in [2.24, 2.45) is 0 Å². The summed E-state index contributed by atoms with van der Waals surface area (Å²) >= 11 is 0. The quantitative estimate of drug-likeness (QED) is 0.871. The van der Waals surface area contributed by atoms with Crippen LogP contribution in [0.2, 0.25) is 0 Å². The van der Waals surface area contributed by atoms with Gasteiger partial charge in [-0.2, -0.15) is 0 Å². The maximum absolute atomic E-state index is 5.43. The molecule has 0 amide bonds. The molecule has 2 rings (SSSR count). The van der Waals surface area contributed by atoms with Crippen molar-refractivity contribution < 1.29 is 4.42 Å². The zero-order valence-electron chi connectivity index (χ0n) is 11.9. The van der Waals surface area contributed by atoms with Crippen molar-refractivity contribution in [1.82, 2.24) is 10.2 Å². The molecule has 0 bridgehead atoms. The molecular formula is C15H26N2O. The highest BCUT2D eigenvalue weighted by Crippen LogP contribution is 2.20. The van der Waals surface area contributed by atoms with E-state index >= 15 is 0 Å². The first-order valence-corrected chi connectivity index (χ1v) is 7.18. The van der Waals surface area contributed by atoms with E-state index in [0.29, 0.717) is 6.04 Å². The first kappa shape index (κ1) is 13.6. The smallest absolute Gasteiger partial charge is 0.105 e. The molecule has 0 aliphatic carbocycles. The van der Waals surface area contributed by atoms with Crippen LogP contribution in [0.25, 0.3) is 0 Å². The maximum Gasteiger partial charge on any atom is 0.105 e. The molecule has 0 aromatic carbocycles. The number of nitrogens with one attached hydrogen (secondary N) is 1. The minimum Gasteiger partial charge on any atom is -0.469 e. The predicted octanol–water partition coefficient (Wildman–Crippen LogP) is 2.67. The summed E-state index contributed by atoms with van der Waals surface area (Å²) < 4.78 is 5.43. The average molecular weight is 250 g/mol. The molecule has 0 radical (unpaired) electrons. The molecule has 102 valence electrons. The number of rotatable bonds is 5. The van der Waals surface area contributed by atoms with E-state index in [9.17, 15) is 0 Å². The summed E-state index contributed by atoms with van der Waals surface area (Å²) in [5, 5.41) is 3.70. The summed E-state index contributed by atoms with van der Waals surface area (Å²) in [6.07, 6.45) is 5.18. The number of hydrogen-bond donors (Lipinski definition) is 1. The van der Waals surface area contributed by atoms with Gasteiger partial charge in [0.15, 0.2) is 0 Å². The lowest BCUT2D eigenvalue weighted by Gasteiger charge is -2.46. The Morgan fingerprint density at radius 3 is 2.94 bits per heavy atom. The molecule has 3 heteroatoms. The topological polar surface area (TPSA) is 28.4 Å². The molecule has 1 aromatic rings. The van der Waals surface area contributed by atoms with E-state index in [1.807, 2.05) is 6.07 Å². The third-order valence-corrected chi connectivity index (χ3v) is 4.31. The Labute approximate surface area is 111 Å². The highest BCUT2D eigenvalue weighted by Gasteiger charge is 2.33. The highest BCUT2D eigenvalue weighted by molar-refractivity contribution is 5.00. The number of nitrogens with zero attached hydrogens (tertiary/aromatic N) is 1. The fourth-order valence-electron chi connectivity index (χ4n) is 2.74. The molecule has 0 spiro atoms. The third kappa shape index (κ3) is 3.15. The van der Waals surface area contributed by atoms with Crippen LogP contribution in [0, 0.1) is 0 Å². The van der Waals surface area contributed by atoms with Crippen LogP contribution in [0.4, 0.5) is 0 Å². The van der Waals surface area contributed by atoms with Gasteiger partial charge in [-0.05, 0) is 31.9 Å². The van der Waals surface area contributed by atoms with Crippen molar-refractivity contribution in [2.45, 2.75) is 51.6 Å². The molecule has 1 N–H and O–H groups in total. The van der Waals surface area contributed by atoms with E-state index in [0.717, 1.165) is 31.8 Å². The van der Waals surface area contributed by atoms with E-state index in [2.05, 4.69) is 37.1 Å². The van der Waals surface area contributed by atoms with E-state index in [-0.39, 0.29) is 5.54 Å². The second-order valence-corrected chi connectivity index (χ2v) is 5.66. The van der Waals surface area contributed by atoms with E-state index in [1.54, 1.807) is 6.26 Å². The van der Waals surface area contributed by atoms with Gasteiger partial charge >= 0.3 is 0 Å². The van der Waals surface area contributed by atoms with Gasteiger partial charge in [-0.15, -0.1) is 0 Å². The van der Waals surface area contributed by atoms with Crippen molar-refractivity contribution in [3.05, 3.63) is 24.2 Å². The van der Waals surface area contributed by atoms with Gasteiger partial charge in [0.05, 0.1) is 6.26 Å². The summed E-state index contributed by atoms with van der Waals surface area (Å²) in [4.78, 5) is 2.63. The molecule has 2 atom stereocenters. The Bertz CT molecular complexity index is 349. The Morgan fingerprint density at radius 1 is 1.50 bits per heavy atom. The monoisotopic (exact) mass is 250 g/mol. The van der Waals surface area contributed by atoms with Crippen LogP contribution >= 0.6 is 0 Å². The van der Waals surface area contributed by atoms with Crippen LogP contribution in [0.15, 0.2) is 22.8 Å². The number of hydrogen-bond acceptors (Lipinski definition) is 3. The Balaban J connectivity index is 1.93. The summed E-state index contributed by atoms with van der Waals surface area (Å²) in [6.45, 7) is 10.2. The van der Waals surface area contributed by atoms with Gasteiger partial charge in [0.1, 0.15) is 5.76 Å². The minimum atomic E-state index is 0.273. The van der Waals surface area contributed by atoms with Crippen LogP contribution in [-0.2, 0) is 6.42 Å². The van der Waals surface area contributed by atoms with Crippen LogP contribution in [0.5, 0.6) is 0 Å². The van der Waals surface area contributed by atoms with Crippen LogP contribution in [0.1, 0.15) is 39.4 Å². The number of piperazine rings is 1. The summed E-state index contributed by atoms with van der Waals surface area (Å²) in [7, 11) is 0. The zero-order chi connectivity index (χ0) is 13.0. The lowest BCUT2D eigenvalue weighted by Crippen LogP contribution is -2.62. The molecule has 1 aliphatic heterocycles. The van der Waals surface area contributed by atoms with Crippen LogP contribution in [-0.4, -0.2) is 36.1 Å². The van der Waals surface area contributed by atoms with Crippen molar-refractivity contribution in [1.29, 1.82) is 0 Å². The fraction of sp³-hybridized carbons (Fsp3) is 0.733. The lowest BCUT2D eigenvalue weighted by molar-refractivity contribution is 0.0819. The Morgan fingerprint density at radius 2 is 2.33 bits per heavy atom. The normalized spacial score (nSPS) is 29.6. The molecule has 18 heavy (non-hydrogen) atoms. The van der Waals surface area contributed by atoms with Gasteiger partial charge in [-0.25, -0.2) is 0 Å². The molecule has 2 heterocycles. The molecular weight excluding hydrogens is 224 g/mol. The zero-order valence-corrected chi connectivity index (χ0v) is 11.9. The lowest BCUT2D eigenvalue weighted by atomic mass is 9.92. The van der Waals surface area contributed by atoms with Crippen molar-refractivity contribution >= 4 is 0 Å². The Hall–Kier alpha value is -0.800. The van der Waals surface area contributed by atoms with E-state index < -0.39 is 0 Å². The molecule has 2 unspecified atom stereocenters. The molecule has 1 aliphatic rings. The van der Waals surface area contributed by atoms with Gasteiger partial charge in [-0.3, -0.25) is 4.90 Å². The van der Waals surface area contributed by atoms with Crippen molar-refractivity contribution in [3.8, 4) is 0 Å². The second-order valence-electron chi connectivity index (χ2n) is 5.66. The minimum absolute atomic E-state index is 0.273. The van der Waals surface area contributed by atoms with Gasteiger partial charge in [0.25, 0.3) is 0 Å². The standard InChI is InChI=1S/C15H26N2O/c1-4-13-11-16-15(3,5-2)12-17(13)9-8-14-7-6-10-18-14/h6-7,10,13,16H,4-5,8-9,11-12H2,1-3H3. The molecule has 3 nitrogen and oxygen atoms in total. The first-order chi connectivity index (χ1) is 8.67. The van der Waals surface area contributed by atoms with Gasteiger partial charge < -0.3 is 9.73 Å². The summed E-state index contributed by atoms with van der Waals surface area (Å²) in [5.74, 6) is 1.10. The van der Waals surface area contributed by atoms with Gasteiger partial charge in [-0.1, -0.05) is 13.8 Å². The molecule has 1 saturated heterocycles. The van der Waals surface area contributed by atoms with Crippen LogP contribution in [0.3, 0.4) is 0 Å². The molecule has 1 fully saturated rings. The fourth-order valence-corrected chi connectivity index (χ4v) is 2.74. The number of furan rings is 1. The predicted molar refractivity (Wildman–Crippen MR) is 74.8 cm³/mol. The van der Waals surface area contributed by atoms with Crippen molar-refractivity contribution in [3.63, 3.8) is 0 Å². The Kier molecular flexibility index (Phi) is 4.46. The maximum atomic E-state index is 5.43. The van der Waals surface area contributed by atoms with Gasteiger partial charge in [0.2, 0.25) is 0 Å². The molecule has 0 saturated carbocycles. The third-order valence-electron chi connectivity index (χ3n) is 4.31. The second kappa shape index (κ2) is 5.89. The van der Waals surface area contributed by atoms with Crippen molar-refractivity contribution in [2.75, 3.05) is 19.6 Å². The highest BCUT2D eigenvalue weighted by atomic mass is 16.3. The molecule has 1 aromatic heterocycles.